The first-order valence-corrected chi connectivity index (χ1v) is 46.1. The zero-order chi connectivity index (χ0) is 83.5. The highest BCUT2D eigenvalue weighted by Gasteiger charge is 2.25. The fourth-order valence-corrected chi connectivity index (χ4v) is 13.6. The zero-order valence-electron chi connectivity index (χ0n) is 77.4. The molecule has 0 fully saturated rings. The second-order valence-corrected chi connectivity index (χ2v) is 46.1. The van der Waals surface area contributed by atoms with Gasteiger partial charge in [-0.3, -0.25) is 0 Å². The first-order valence-electron chi connectivity index (χ1n) is 40.0. The second-order valence-electron chi connectivity index (χ2n) is 36.9. The molecule has 1 unspecified atom stereocenters. The van der Waals surface area contributed by atoms with Gasteiger partial charge in [-0.15, -0.1) is 0 Å². The highest BCUT2D eigenvalue weighted by atomic mass is 32.3. The molecule has 103 heavy (non-hydrogen) atoms. The predicted octanol–water partition coefficient (Wildman–Crippen LogP) is 8.84. The van der Waals surface area contributed by atoms with Gasteiger partial charge in [0.1, 0.15) is 45.8 Å². The van der Waals surface area contributed by atoms with Gasteiger partial charge in [-0.25, -0.2) is 20.1 Å². The molecule has 0 saturated heterocycles. The molecule has 0 aliphatic carbocycles. The summed E-state index contributed by atoms with van der Waals surface area (Å²) in [5.41, 5.74) is 17.8. The van der Waals surface area contributed by atoms with Gasteiger partial charge in [0, 0.05) is 37.7 Å². The molecule has 1 atom stereocenters. The summed E-state index contributed by atoms with van der Waals surface area (Å²) in [4.78, 5) is 2.20. The molecule has 0 aromatic heterocycles. The average Bonchev–Trinajstić information content (AvgIpc) is 0.878. The summed E-state index contributed by atoms with van der Waals surface area (Å²) in [5, 5.41) is 53.3. The van der Waals surface area contributed by atoms with E-state index in [1.165, 1.54) is 94.7 Å². The second kappa shape index (κ2) is 71.5. The third-order valence-electron chi connectivity index (χ3n) is 16.9. The van der Waals surface area contributed by atoms with Crippen LogP contribution in [0.2, 0.25) is 0 Å². The molecule has 1 aromatic carbocycles. The van der Waals surface area contributed by atoms with Crippen LogP contribution in [0.15, 0.2) is 30.3 Å². The average molecular weight is 1530 g/mol. The minimum Gasteiger partial charge on any atom is -0.391 e. The summed E-state index contributed by atoms with van der Waals surface area (Å²) in [5.74, 6) is 3.66. The lowest BCUT2D eigenvalue weighted by Gasteiger charge is -2.37. The van der Waals surface area contributed by atoms with Crippen LogP contribution in [0.3, 0.4) is 0 Å². The zero-order valence-corrected chi connectivity index (χ0v) is 79.0. The number of benzene rings is 1. The maximum atomic E-state index is 9.01. The molecule has 0 aliphatic heterocycles. The summed E-state index contributed by atoms with van der Waals surface area (Å²) in [6.07, 6.45) is 24.1. The molecule has 1 aromatic rings. The van der Waals surface area contributed by atoms with Crippen LogP contribution in [0.4, 0.5) is 0 Å². The number of nitrogens with zero attached hydrogens (tertiary/aromatic N) is 10. The maximum Gasteiger partial charge on any atom is 0.104 e. The Balaban J connectivity index is -0.000000117. The van der Waals surface area contributed by atoms with Gasteiger partial charge in [0.25, 0.3) is 0 Å². The minimum atomic E-state index is -0.174. The standard InChI is InChI=1S/C12H20NO2.C9H22NO3.2C8H22N3.C7H18NO.2C7H18N.2C6H16N.2C6H16S/c1-13(7-9-14,8-10-15)11-12-5-3-2-4-6-12;1-2-3-10(4-7-11,5-8-12)6-9-13;1-10(2)6-8-11(3,4)7-5-9;1-3-6-11(2,7-4-9)8-5-10;1-4-5-8(2,3)6-7-9;1-7(2)6-8(3,4)5;1-6-7(2)8(3,4)5;4*1-5-6-7(2,3)4/h2-6,14-15H,7-11H2,1H3;11-13H,2-9H2,1H3;5-9H2,1-4H3;3-10H2,1-2H3;9H,4-7H2,1-3H3;2*7H,6H2,1-5H3;4*5-6H2,1-4H3/q9*+1;;. The molecular weight excluding hydrogens is 1330 g/mol. The molecular formula is C82H204N13O6S2+9. The van der Waals surface area contributed by atoms with Gasteiger partial charge in [-0.05, 0) is 121 Å². The van der Waals surface area contributed by atoms with Crippen LogP contribution in [0.25, 0.3) is 0 Å². The Hall–Kier alpha value is -0.840. The summed E-state index contributed by atoms with van der Waals surface area (Å²) in [6.45, 7) is 45.1. The first kappa shape index (κ1) is 123. The van der Waals surface area contributed by atoms with E-state index in [9.17, 15) is 0 Å². The summed E-state index contributed by atoms with van der Waals surface area (Å²) >= 11 is 0. The van der Waals surface area contributed by atoms with Crippen molar-refractivity contribution in [3.8, 4) is 0 Å². The third kappa shape index (κ3) is 110. The van der Waals surface area contributed by atoms with E-state index >= 15 is 0 Å². The minimum absolute atomic E-state index is 0.111. The smallest absolute Gasteiger partial charge is 0.104 e. The van der Waals surface area contributed by atoms with Crippen molar-refractivity contribution in [3.05, 3.63) is 35.9 Å². The monoisotopic (exact) mass is 1530 g/mol. The highest BCUT2D eigenvalue weighted by molar-refractivity contribution is 8.32. The van der Waals surface area contributed by atoms with Gasteiger partial charge in [0.2, 0.25) is 0 Å². The number of hydrogen-bond donors (Lipinski definition) is 9. The van der Waals surface area contributed by atoms with Crippen LogP contribution in [0, 0.1) is 5.92 Å². The van der Waals surface area contributed by atoms with E-state index in [0.29, 0.717) is 48.3 Å². The van der Waals surface area contributed by atoms with E-state index in [2.05, 4.69) is 272 Å². The molecule has 0 bridgehead atoms. The molecule has 0 saturated carbocycles. The van der Waals surface area contributed by atoms with Gasteiger partial charge in [0.15, 0.2) is 0 Å². The maximum absolute atomic E-state index is 9.01. The van der Waals surface area contributed by atoms with Gasteiger partial charge in [-0.2, -0.15) is 0 Å². The van der Waals surface area contributed by atoms with Gasteiger partial charge in [0.05, 0.1) is 238 Å². The lowest BCUT2D eigenvalue weighted by atomic mass is 10.2. The van der Waals surface area contributed by atoms with Crippen molar-refractivity contribution in [2.24, 2.45) is 23.1 Å². The lowest BCUT2D eigenvalue weighted by molar-refractivity contribution is -0.929. The lowest BCUT2D eigenvalue weighted by Crippen LogP contribution is -2.53. The number of aliphatic hydroxyl groups is 6. The summed E-state index contributed by atoms with van der Waals surface area (Å²) < 4.78 is 8.64. The van der Waals surface area contributed by atoms with Crippen molar-refractivity contribution in [1.82, 2.24) is 4.90 Å². The number of rotatable bonds is 41. The molecule has 0 radical (unpaired) electrons. The van der Waals surface area contributed by atoms with Crippen LogP contribution >= 0.6 is 20.1 Å². The number of hydrogen-bond acceptors (Lipinski definition) is 10. The largest absolute Gasteiger partial charge is 0.391 e. The quantitative estimate of drug-likeness (QED) is 0.0285. The Bertz CT molecular complexity index is 1710. The molecule has 0 heterocycles. The van der Waals surface area contributed by atoms with Crippen molar-refractivity contribution in [3.63, 3.8) is 0 Å². The van der Waals surface area contributed by atoms with E-state index in [1.807, 2.05) is 18.2 Å². The Labute approximate surface area is 652 Å². The Morgan fingerprint density at radius 3 is 0.893 bits per heavy atom. The first-order chi connectivity index (χ1) is 46.9. The van der Waals surface area contributed by atoms with Crippen LogP contribution in [0.5, 0.6) is 0 Å². The number of likely N-dealkylation sites (N-methyl/N-ethyl adjacent to an activating group) is 5. The van der Waals surface area contributed by atoms with E-state index in [0.717, 1.165) is 122 Å². The van der Waals surface area contributed by atoms with Gasteiger partial charge in [-0.1, -0.05) is 99.6 Å². The molecule has 12 N–H and O–H groups in total. The molecule has 1 rings (SSSR count). The number of nitrogens with two attached hydrogens (primary N) is 3. The third-order valence-corrected chi connectivity index (χ3v) is 20.1. The van der Waals surface area contributed by atoms with Crippen molar-refractivity contribution >= 4 is 20.1 Å². The summed E-state index contributed by atoms with van der Waals surface area (Å²) in [7, 11) is 43.5. The molecule has 0 amide bonds. The van der Waals surface area contributed by atoms with Gasteiger partial charge < -0.3 is 93.1 Å². The number of quaternary nitrogens is 9. The topological polar surface area (TPSA) is 203 Å². The molecule has 636 valence electrons. The van der Waals surface area contributed by atoms with Crippen molar-refractivity contribution in [2.75, 3.05) is 361 Å². The van der Waals surface area contributed by atoms with Gasteiger partial charge >= 0.3 is 0 Å². The van der Waals surface area contributed by atoms with E-state index in [1.54, 1.807) is 0 Å². The van der Waals surface area contributed by atoms with Crippen LogP contribution in [-0.2, 0) is 6.54 Å². The van der Waals surface area contributed by atoms with E-state index in [-0.39, 0.29) is 53.1 Å². The molecule has 0 spiro atoms. The normalized spacial score (nSPS) is 12.7. The molecule has 19 nitrogen and oxygen atoms in total. The van der Waals surface area contributed by atoms with Crippen LogP contribution in [0.1, 0.15) is 133 Å². The van der Waals surface area contributed by atoms with E-state index < -0.39 is 0 Å². The highest BCUT2D eigenvalue weighted by Crippen LogP contribution is 2.35. The van der Waals surface area contributed by atoms with Crippen molar-refractivity contribution < 1.29 is 71.0 Å². The Morgan fingerprint density at radius 1 is 0.369 bits per heavy atom. The molecule has 21 heteroatoms. The SMILES string of the molecule is CC(C)C[N+](C)(C)C.CCC(C)[N+](C)(C)C.CCCS(C)(C)C.CCCS(C)(C)C.CCC[N+](C)(C)C.CCC[N+](C)(C)C.CCC[N+](C)(C)CCO.CCC[N+](C)(CCN)CCN.CCC[N+](CCO)(CCO)CCO.CN(C)CC[N+](C)(C)CCN.C[N+](CCO)(CCO)Cc1ccccc1. The van der Waals surface area contributed by atoms with Crippen molar-refractivity contribution in [1.29, 1.82) is 0 Å². The fourth-order valence-electron chi connectivity index (χ4n) is 11.2. The Kier molecular flexibility index (Phi) is 85.4. The van der Waals surface area contributed by atoms with E-state index in [4.69, 9.17) is 47.8 Å². The fraction of sp³-hybridized carbons (Fsp3) is 0.927. The predicted molar refractivity (Wildman–Crippen MR) is 472 cm³/mol. The van der Waals surface area contributed by atoms with Crippen LogP contribution < -0.4 is 17.2 Å². The number of aliphatic hydroxyl groups excluding tert-OH is 6. The van der Waals surface area contributed by atoms with Crippen molar-refractivity contribution in [2.45, 2.75) is 140 Å². The molecule has 0 aliphatic rings. The summed E-state index contributed by atoms with van der Waals surface area (Å²) in [6, 6.07) is 11.0. The van der Waals surface area contributed by atoms with Crippen LogP contribution in [-0.4, -0.2) is 442 Å². The Morgan fingerprint density at radius 2 is 0.699 bits per heavy atom.